The molecule has 2 aromatic rings. The van der Waals surface area contributed by atoms with E-state index < -0.39 is 0 Å². The number of benzene rings is 1. The van der Waals surface area contributed by atoms with Crippen molar-refractivity contribution in [2.45, 2.75) is 25.8 Å². The van der Waals surface area contributed by atoms with Crippen molar-refractivity contribution in [2.75, 3.05) is 11.9 Å². The number of pyridine rings is 1. The number of nitrogens with one attached hydrogen (secondary N) is 1. The summed E-state index contributed by atoms with van der Waals surface area (Å²) in [6.45, 7) is 2.45. The maximum absolute atomic E-state index is 12.1. The SMILES string of the molecule is Cc1ccc(C(=O)Nc2ccc(CC[C@H]3COC(N)=N3)cc2)cn1. The first kappa shape index (κ1) is 16.0. The Morgan fingerprint density at radius 3 is 2.71 bits per heavy atom. The number of carbonyl (C=O) groups excluding carboxylic acids is 1. The first-order valence-corrected chi connectivity index (χ1v) is 7.89. The van der Waals surface area contributed by atoms with Crippen LogP contribution in [-0.4, -0.2) is 29.6 Å². The van der Waals surface area contributed by atoms with Gasteiger partial charge in [-0.2, -0.15) is 0 Å². The van der Waals surface area contributed by atoms with E-state index in [-0.39, 0.29) is 18.0 Å². The zero-order valence-electron chi connectivity index (χ0n) is 13.5. The molecule has 1 aliphatic heterocycles. The summed E-state index contributed by atoms with van der Waals surface area (Å²) in [5, 5.41) is 2.87. The Morgan fingerprint density at radius 2 is 2.08 bits per heavy atom. The van der Waals surface area contributed by atoms with Crippen LogP contribution < -0.4 is 11.1 Å². The summed E-state index contributed by atoms with van der Waals surface area (Å²) in [7, 11) is 0. The fourth-order valence-electron chi connectivity index (χ4n) is 2.48. The maximum Gasteiger partial charge on any atom is 0.282 e. The van der Waals surface area contributed by atoms with Crippen LogP contribution in [0.3, 0.4) is 0 Å². The van der Waals surface area contributed by atoms with Crippen molar-refractivity contribution in [2.24, 2.45) is 10.7 Å². The van der Waals surface area contributed by atoms with E-state index in [1.165, 1.54) is 5.56 Å². The first-order valence-electron chi connectivity index (χ1n) is 7.89. The molecular formula is C18H20N4O2. The molecule has 0 saturated heterocycles. The van der Waals surface area contributed by atoms with E-state index in [2.05, 4.69) is 15.3 Å². The van der Waals surface area contributed by atoms with Crippen LogP contribution in [0, 0.1) is 6.92 Å². The molecule has 1 atom stereocenters. The van der Waals surface area contributed by atoms with Gasteiger partial charge < -0.3 is 15.8 Å². The number of amides is 1. The average molecular weight is 324 g/mol. The molecule has 1 aromatic heterocycles. The minimum absolute atomic E-state index is 0.137. The Morgan fingerprint density at radius 1 is 1.29 bits per heavy atom. The predicted octanol–water partition coefficient (Wildman–Crippen LogP) is 2.29. The summed E-state index contributed by atoms with van der Waals surface area (Å²) in [5.41, 5.74) is 8.87. The Balaban J connectivity index is 1.54. The van der Waals surface area contributed by atoms with Gasteiger partial charge in [-0.1, -0.05) is 12.1 Å². The summed E-state index contributed by atoms with van der Waals surface area (Å²) in [6, 6.07) is 11.8. The van der Waals surface area contributed by atoms with Crippen molar-refractivity contribution in [3.63, 3.8) is 0 Å². The van der Waals surface area contributed by atoms with E-state index in [0.29, 0.717) is 12.2 Å². The quantitative estimate of drug-likeness (QED) is 0.883. The largest absolute Gasteiger partial charge is 0.463 e. The number of aryl methyl sites for hydroxylation is 2. The summed E-state index contributed by atoms with van der Waals surface area (Å²) < 4.78 is 5.14. The third-order valence-corrected chi connectivity index (χ3v) is 3.89. The number of anilines is 1. The summed E-state index contributed by atoms with van der Waals surface area (Å²) >= 11 is 0. The number of ether oxygens (including phenoxy) is 1. The molecule has 0 bridgehead atoms. The molecule has 24 heavy (non-hydrogen) atoms. The highest BCUT2D eigenvalue weighted by molar-refractivity contribution is 6.04. The average Bonchev–Trinajstić information content (AvgIpc) is 3.00. The summed E-state index contributed by atoms with van der Waals surface area (Å²) in [6.07, 6.45) is 3.36. The number of carbonyl (C=O) groups is 1. The normalized spacial score (nSPS) is 16.4. The lowest BCUT2D eigenvalue weighted by Crippen LogP contribution is -2.12. The standard InChI is InChI=1S/C18H20N4O2/c1-12-2-6-14(10-20-12)17(23)21-15-7-3-13(4-8-15)5-9-16-11-24-18(19)22-16/h2-4,6-8,10,16H,5,9,11H2,1H3,(H2,19,22)(H,21,23)/t16-/m0/s1. The number of aliphatic imine (C=N–C) groups is 1. The van der Waals surface area contributed by atoms with Crippen LogP contribution in [0.25, 0.3) is 0 Å². The zero-order valence-corrected chi connectivity index (χ0v) is 13.5. The topological polar surface area (TPSA) is 89.6 Å². The lowest BCUT2D eigenvalue weighted by Gasteiger charge is -2.08. The Bertz CT molecular complexity index is 739. The highest BCUT2D eigenvalue weighted by Crippen LogP contribution is 2.15. The molecule has 0 saturated carbocycles. The van der Waals surface area contributed by atoms with E-state index in [9.17, 15) is 4.79 Å². The predicted molar refractivity (Wildman–Crippen MR) is 93.1 cm³/mol. The fourth-order valence-corrected chi connectivity index (χ4v) is 2.48. The van der Waals surface area contributed by atoms with Crippen molar-refractivity contribution in [1.82, 2.24) is 4.98 Å². The van der Waals surface area contributed by atoms with Crippen LogP contribution in [0.2, 0.25) is 0 Å². The van der Waals surface area contributed by atoms with Crippen molar-refractivity contribution < 1.29 is 9.53 Å². The Kier molecular flexibility index (Phi) is 4.74. The van der Waals surface area contributed by atoms with Gasteiger partial charge in [0.15, 0.2) is 0 Å². The first-order chi connectivity index (χ1) is 11.6. The second kappa shape index (κ2) is 7.12. The van der Waals surface area contributed by atoms with Gasteiger partial charge in [0.25, 0.3) is 11.9 Å². The van der Waals surface area contributed by atoms with Crippen LogP contribution in [0.5, 0.6) is 0 Å². The minimum Gasteiger partial charge on any atom is -0.463 e. The second-order valence-corrected chi connectivity index (χ2v) is 5.81. The van der Waals surface area contributed by atoms with Crippen LogP contribution in [0.1, 0.15) is 28.0 Å². The molecule has 6 nitrogen and oxygen atoms in total. The molecule has 0 fully saturated rings. The highest BCUT2D eigenvalue weighted by atomic mass is 16.5. The molecule has 1 aliphatic rings. The highest BCUT2D eigenvalue weighted by Gasteiger charge is 2.16. The molecule has 2 heterocycles. The summed E-state index contributed by atoms with van der Waals surface area (Å²) in [5.74, 6) is -0.164. The van der Waals surface area contributed by atoms with Crippen molar-refractivity contribution in [3.8, 4) is 0 Å². The number of aromatic nitrogens is 1. The van der Waals surface area contributed by atoms with E-state index in [1.54, 1.807) is 12.3 Å². The van der Waals surface area contributed by atoms with Gasteiger partial charge >= 0.3 is 0 Å². The second-order valence-electron chi connectivity index (χ2n) is 5.81. The van der Waals surface area contributed by atoms with E-state index in [1.807, 2.05) is 37.3 Å². The van der Waals surface area contributed by atoms with E-state index in [4.69, 9.17) is 10.5 Å². The van der Waals surface area contributed by atoms with E-state index in [0.717, 1.165) is 24.2 Å². The molecule has 6 heteroatoms. The number of nitrogens with two attached hydrogens (primary N) is 1. The Hall–Kier alpha value is -2.89. The molecule has 0 radical (unpaired) electrons. The molecule has 0 aliphatic carbocycles. The molecule has 1 aromatic carbocycles. The minimum atomic E-state index is -0.164. The van der Waals surface area contributed by atoms with Crippen molar-refractivity contribution in [1.29, 1.82) is 0 Å². The maximum atomic E-state index is 12.1. The van der Waals surface area contributed by atoms with E-state index >= 15 is 0 Å². The monoisotopic (exact) mass is 324 g/mol. The summed E-state index contributed by atoms with van der Waals surface area (Å²) in [4.78, 5) is 20.5. The number of amidine groups is 1. The van der Waals surface area contributed by atoms with Gasteiger partial charge in [0.1, 0.15) is 6.61 Å². The molecule has 3 N–H and O–H groups in total. The molecule has 0 unspecified atom stereocenters. The van der Waals surface area contributed by atoms with Gasteiger partial charge in [-0.3, -0.25) is 9.78 Å². The number of rotatable bonds is 5. The zero-order chi connectivity index (χ0) is 16.9. The molecule has 0 spiro atoms. The van der Waals surface area contributed by atoms with Gasteiger partial charge in [0, 0.05) is 17.6 Å². The van der Waals surface area contributed by atoms with Crippen LogP contribution in [-0.2, 0) is 11.2 Å². The van der Waals surface area contributed by atoms with Gasteiger partial charge in [0.05, 0.1) is 11.6 Å². The third-order valence-electron chi connectivity index (χ3n) is 3.89. The molecule has 124 valence electrons. The van der Waals surface area contributed by atoms with Gasteiger partial charge in [-0.25, -0.2) is 4.99 Å². The Labute approximate surface area is 140 Å². The lowest BCUT2D eigenvalue weighted by molar-refractivity contribution is 0.102. The lowest BCUT2D eigenvalue weighted by atomic mass is 10.1. The van der Waals surface area contributed by atoms with Crippen LogP contribution >= 0.6 is 0 Å². The van der Waals surface area contributed by atoms with Crippen LogP contribution in [0.4, 0.5) is 5.69 Å². The third kappa shape index (κ3) is 4.10. The van der Waals surface area contributed by atoms with Crippen molar-refractivity contribution in [3.05, 3.63) is 59.4 Å². The number of nitrogens with zero attached hydrogens (tertiary/aromatic N) is 2. The van der Waals surface area contributed by atoms with Gasteiger partial charge in [-0.05, 0) is 49.6 Å². The van der Waals surface area contributed by atoms with Crippen LogP contribution in [0.15, 0.2) is 47.6 Å². The number of hydrogen-bond donors (Lipinski definition) is 2. The van der Waals surface area contributed by atoms with Gasteiger partial charge in [0.2, 0.25) is 0 Å². The smallest absolute Gasteiger partial charge is 0.282 e. The fraction of sp³-hybridized carbons (Fsp3) is 0.278. The number of hydrogen-bond acceptors (Lipinski definition) is 5. The van der Waals surface area contributed by atoms with Crippen molar-refractivity contribution >= 4 is 17.6 Å². The molecule has 3 rings (SSSR count). The molecule has 1 amide bonds. The van der Waals surface area contributed by atoms with Gasteiger partial charge in [-0.15, -0.1) is 0 Å². The molecular weight excluding hydrogens is 304 g/mol.